The summed E-state index contributed by atoms with van der Waals surface area (Å²) in [5, 5.41) is 20.3. The van der Waals surface area contributed by atoms with E-state index < -0.39 is 35.3 Å². The van der Waals surface area contributed by atoms with E-state index in [-0.39, 0.29) is 11.0 Å². The van der Waals surface area contributed by atoms with Crippen molar-refractivity contribution in [3.8, 4) is 5.75 Å². The fourth-order valence-corrected chi connectivity index (χ4v) is 1.56. The van der Waals surface area contributed by atoms with Gasteiger partial charge in [-0.15, -0.1) is 0 Å². The van der Waals surface area contributed by atoms with E-state index in [1.807, 2.05) is 5.32 Å². The van der Waals surface area contributed by atoms with Crippen molar-refractivity contribution in [2.45, 2.75) is 0 Å². The normalized spacial score (nSPS) is 10.3. The number of fused-ring (bicyclic) bond motifs is 1. The summed E-state index contributed by atoms with van der Waals surface area (Å²) in [6.07, 6.45) is 1.39. The maximum absolute atomic E-state index is 11.7. The van der Waals surface area contributed by atoms with Gasteiger partial charge in [0.05, 0.1) is 5.52 Å². The summed E-state index contributed by atoms with van der Waals surface area (Å²) in [7, 11) is 0. The average molecular weight is 263 g/mol. The van der Waals surface area contributed by atoms with Gasteiger partial charge in [-0.05, 0) is 12.1 Å². The Bertz CT molecular complexity index is 722. The molecule has 8 nitrogen and oxygen atoms in total. The molecule has 2 rings (SSSR count). The lowest BCUT2D eigenvalue weighted by molar-refractivity contribution is -0.135. The summed E-state index contributed by atoms with van der Waals surface area (Å²) in [4.78, 5) is 39.9. The zero-order valence-electron chi connectivity index (χ0n) is 9.51. The number of rotatable bonds is 3. The van der Waals surface area contributed by atoms with Crippen LogP contribution in [0.1, 0.15) is 10.4 Å². The van der Waals surface area contributed by atoms with Gasteiger partial charge in [-0.25, -0.2) is 0 Å². The van der Waals surface area contributed by atoms with Gasteiger partial charge in [0.1, 0.15) is 17.6 Å². The molecule has 2 aromatic heterocycles. The summed E-state index contributed by atoms with van der Waals surface area (Å²) in [6.45, 7) is -0.655. The monoisotopic (exact) mass is 263 g/mol. The molecule has 1 amide bonds. The number of aromatic nitrogens is 2. The van der Waals surface area contributed by atoms with Crippen LogP contribution in [0.3, 0.4) is 0 Å². The van der Waals surface area contributed by atoms with Crippen LogP contribution in [-0.2, 0) is 4.79 Å². The summed E-state index contributed by atoms with van der Waals surface area (Å²) >= 11 is 0. The molecule has 0 fully saturated rings. The van der Waals surface area contributed by atoms with Crippen molar-refractivity contribution >= 4 is 22.9 Å². The Morgan fingerprint density at radius 1 is 1.42 bits per heavy atom. The van der Waals surface area contributed by atoms with Crippen molar-refractivity contribution in [1.29, 1.82) is 0 Å². The number of pyridine rings is 2. The Hall–Kier alpha value is -2.90. The molecule has 0 unspecified atom stereocenters. The first-order chi connectivity index (χ1) is 9.00. The minimum absolute atomic E-state index is 0.0579. The van der Waals surface area contributed by atoms with E-state index in [4.69, 9.17) is 5.11 Å². The molecule has 98 valence electrons. The number of hydrogen-bond acceptors (Lipinski definition) is 5. The third kappa shape index (κ3) is 2.37. The Balaban J connectivity index is 2.51. The van der Waals surface area contributed by atoms with Gasteiger partial charge in [-0.2, -0.15) is 0 Å². The number of nitrogens with one attached hydrogen (secondary N) is 2. The van der Waals surface area contributed by atoms with Gasteiger partial charge in [0.25, 0.3) is 11.5 Å². The maximum atomic E-state index is 11.7. The van der Waals surface area contributed by atoms with E-state index in [0.717, 1.165) is 0 Å². The molecular formula is C11H9N3O5. The second-order valence-corrected chi connectivity index (χ2v) is 3.65. The highest BCUT2D eigenvalue weighted by Crippen LogP contribution is 2.21. The molecule has 0 aliphatic carbocycles. The van der Waals surface area contributed by atoms with E-state index in [0.29, 0.717) is 0 Å². The van der Waals surface area contributed by atoms with Crippen LogP contribution in [0.2, 0.25) is 0 Å². The maximum Gasteiger partial charge on any atom is 0.322 e. The van der Waals surface area contributed by atoms with Crippen LogP contribution in [0.15, 0.2) is 23.1 Å². The van der Waals surface area contributed by atoms with Crippen LogP contribution in [0.25, 0.3) is 11.0 Å². The minimum Gasteiger partial charge on any atom is -0.505 e. The standard InChI is InChI=1S/C11H9N3O5/c15-6(16)4-13-10(18)7-9(17)8-5(14-11(7)19)2-1-3-12-8/h1-3H,4H2,(H,13,18)(H,15,16)(H2,14,17,19). The predicted molar refractivity (Wildman–Crippen MR) is 64.0 cm³/mol. The number of carbonyl (C=O) groups is 2. The molecule has 0 spiro atoms. The molecule has 0 aliphatic rings. The van der Waals surface area contributed by atoms with E-state index in [1.165, 1.54) is 12.3 Å². The molecule has 2 heterocycles. The zero-order valence-corrected chi connectivity index (χ0v) is 9.51. The fraction of sp³-hybridized carbons (Fsp3) is 0.0909. The predicted octanol–water partition coefficient (Wildman–Crippen LogP) is -0.557. The first-order valence-electron chi connectivity index (χ1n) is 5.20. The van der Waals surface area contributed by atoms with E-state index in [1.54, 1.807) is 6.07 Å². The van der Waals surface area contributed by atoms with Crippen molar-refractivity contribution in [2.75, 3.05) is 6.54 Å². The molecule has 19 heavy (non-hydrogen) atoms. The molecule has 0 radical (unpaired) electrons. The molecular weight excluding hydrogens is 254 g/mol. The topological polar surface area (TPSA) is 132 Å². The summed E-state index contributed by atoms with van der Waals surface area (Å²) in [5.74, 6) is -2.82. The van der Waals surface area contributed by atoms with Gasteiger partial charge in [-0.3, -0.25) is 19.4 Å². The van der Waals surface area contributed by atoms with Gasteiger partial charge in [-0.1, -0.05) is 0 Å². The Kier molecular flexibility index (Phi) is 3.15. The number of carboxylic acids is 1. The van der Waals surface area contributed by atoms with Gasteiger partial charge < -0.3 is 20.5 Å². The number of aromatic hydroxyl groups is 1. The van der Waals surface area contributed by atoms with Crippen LogP contribution in [0.4, 0.5) is 0 Å². The number of hydrogen-bond donors (Lipinski definition) is 4. The average Bonchev–Trinajstić information content (AvgIpc) is 2.36. The zero-order chi connectivity index (χ0) is 14.0. The Labute approximate surface area is 105 Å². The minimum atomic E-state index is -1.26. The fourth-order valence-electron chi connectivity index (χ4n) is 1.56. The number of aliphatic carboxylic acids is 1. The van der Waals surface area contributed by atoms with Crippen molar-refractivity contribution in [3.63, 3.8) is 0 Å². The third-order valence-corrected chi connectivity index (χ3v) is 2.37. The van der Waals surface area contributed by atoms with Crippen LogP contribution in [0, 0.1) is 0 Å². The number of carboxylic acid groups (broad SMARTS) is 1. The van der Waals surface area contributed by atoms with E-state index in [9.17, 15) is 19.5 Å². The summed E-state index contributed by atoms with van der Waals surface area (Å²) < 4.78 is 0. The molecule has 0 aliphatic heterocycles. The van der Waals surface area contributed by atoms with Crippen molar-refractivity contribution in [2.24, 2.45) is 0 Å². The van der Waals surface area contributed by atoms with Gasteiger partial charge >= 0.3 is 5.97 Å². The SMILES string of the molecule is O=C(O)CNC(=O)c1c(O)c2ncccc2[nH]c1=O. The molecule has 0 saturated carbocycles. The lowest BCUT2D eigenvalue weighted by atomic mass is 10.2. The molecule has 4 N–H and O–H groups in total. The second kappa shape index (κ2) is 4.77. The third-order valence-electron chi connectivity index (χ3n) is 2.37. The van der Waals surface area contributed by atoms with Crippen molar-refractivity contribution in [3.05, 3.63) is 34.2 Å². The largest absolute Gasteiger partial charge is 0.505 e. The Morgan fingerprint density at radius 2 is 2.16 bits per heavy atom. The summed E-state index contributed by atoms with van der Waals surface area (Å²) in [5.41, 5.74) is -1.05. The highest BCUT2D eigenvalue weighted by molar-refractivity contribution is 6.01. The Morgan fingerprint density at radius 3 is 2.84 bits per heavy atom. The molecule has 0 atom stereocenters. The molecule has 0 bridgehead atoms. The lowest BCUT2D eigenvalue weighted by Gasteiger charge is -2.06. The molecule has 2 aromatic rings. The number of H-pyrrole nitrogens is 1. The van der Waals surface area contributed by atoms with E-state index in [2.05, 4.69) is 9.97 Å². The van der Waals surface area contributed by atoms with Gasteiger partial charge in [0.15, 0.2) is 5.75 Å². The van der Waals surface area contributed by atoms with Crippen LogP contribution in [-0.4, -0.2) is 38.6 Å². The number of carbonyl (C=O) groups excluding carboxylic acids is 1. The van der Waals surface area contributed by atoms with Crippen LogP contribution < -0.4 is 10.9 Å². The summed E-state index contributed by atoms with van der Waals surface area (Å²) in [6, 6.07) is 3.07. The smallest absolute Gasteiger partial charge is 0.322 e. The quantitative estimate of drug-likeness (QED) is 0.587. The lowest BCUT2D eigenvalue weighted by Crippen LogP contribution is -2.33. The van der Waals surface area contributed by atoms with Gasteiger partial charge in [0.2, 0.25) is 0 Å². The van der Waals surface area contributed by atoms with E-state index >= 15 is 0 Å². The molecule has 8 heteroatoms. The first kappa shape index (κ1) is 12.6. The number of aromatic amines is 1. The highest BCUT2D eigenvalue weighted by atomic mass is 16.4. The first-order valence-corrected chi connectivity index (χ1v) is 5.20. The van der Waals surface area contributed by atoms with Gasteiger partial charge in [0, 0.05) is 6.20 Å². The second-order valence-electron chi connectivity index (χ2n) is 3.65. The molecule has 0 saturated heterocycles. The van der Waals surface area contributed by atoms with Crippen LogP contribution in [0.5, 0.6) is 5.75 Å². The number of nitrogens with zero attached hydrogens (tertiary/aromatic N) is 1. The van der Waals surface area contributed by atoms with Crippen LogP contribution >= 0.6 is 0 Å². The van der Waals surface area contributed by atoms with Crippen molar-refractivity contribution < 1.29 is 19.8 Å². The number of amides is 1. The van der Waals surface area contributed by atoms with Crippen molar-refractivity contribution in [1.82, 2.24) is 15.3 Å². The highest BCUT2D eigenvalue weighted by Gasteiger charge is 2.19. The molecule has 0 aromatic carbocycles.